The lowest BCUT2D eigenvalue weighted by Crippen LogP contribution is -2.44. The minimum Gasteiger partial charge on any atom is -0.480 e. The van der Waals surface area contributed by atoms with Gasteiger partial charge in [-0.25, -0.2) is 15.1 Å². The Morgan fingerprint density at radius 2 is 1.92 bits per heavy atom. The maximum atomic E-state index is 11.6. The summed E-state index contributed by atoms with van der Waals surface area (Å²) >= 11 is 0. The van der Waals surface area contributed by atoms with E-state index in [0.29, 0.717) is 5.56 Å². The van der Waals surface area contributed by atoms with Gasteiger partial charge in [-0.2, -0.15) is 0 Å². The van der Waals surface area contributed by atoms with Crippen molar-refractivity contribution in [3.63, 3.8) is 0 Å². The van der Waals surface area contributed by atoms with E-state index in [9.17, 15) is 24.5 Å². The van der Waals surface area contributed by atoms with E-state index >= 15 is 0 Å². The summed E-state index contributed by atoms with van der Waals surface area (Å²) in [5, 5.41) is 21.5. The zero-order valence-electron chi connectivity index (χ0n) is 12.6. The predicted molar refractivity (Wildman–Crippen MR) is 77.6 cm³/mol. The van der Waals surface area contributed by atoms with Gasteiger partial charge in [-0.05, 0) is 17.7 Å². The van der Waals surface area contributed by atoms with Gasteiger partial charge in [0.15, 0.2) is 0 Å². The summed E-state index contributed by atoms with van der Waals surface area (Å²) in [7, 11) is 1.18. The summed E-state index contributed by atoms with van der Waals surface area (Å²) in [4.78, 5) is 48.1. The van der Waals surface area contributed by atoms with Crippen LogP contribution in [0.4, 0.5) is 10.5 Å². The Balaban J connectivity index is 2.52. The van der Waals surface area contributed by atoms with Gasteiger partial charge in [0.2, 0.25) is 5.91 Å². The molecule has 1 aromatic rings. The average Bonchev–Trinajstić information content (AvgIpc) is 2.52. The first-order valence-corrected chi connectivity index (χ1v) is 6.54. The third kappa shape index (κ3) is 6.27. The molecule has 0 aliphatic rings. The number of carbonyl (C=O) groups is 3. The number of nitro benzene ring substituents is 1. The number of hydroxylamine groups is 1. The number of hydrogen-bond acceptors (Lipinski definition) is 7. The molecule has 0 aromatic heterocycles. The molecule has 1 rings (SSSR count). The molecule has 0 heterocycles. The smallest absolute Gasteiger partial charge is 0.408 e. The quantitative estimate of drug-likeness (QED) is 0.451. The molecule has 11 heteroatoms. The van der Waals surface area contributed by atoms with Crippen molar-refractivity contribution in [2.45, 2.75) is 19.1 Å². The molecular weight excluding hydrogens is 326 g/mol. The predicted octanol–water partition coefficient (Wildman–Crippen LogP) is 0.342. The Morgan fingerprint density at radius 1 is 1.29 bits per heavy atom. The number of nitrogens with zero attached hydrogens (tertiary/aromatic N) is 1. The summed E-state index contributed by atoms with van der Waals surface area (Å²) in [6.07, 6.45) is -1.60. The molecule has 0 spiro atoms. The third-order valence-corrected chi connectivity index (χ3v) is 2.71. The Labute approximate surface area is 135 Å². The van der Waals surface area contributed by atoms with Crippen LogP contribution >= 0.6 is 0 Å². The van der Waals surface area contributed by atoms with Crippen LogP contribution in [-0.4, -0.2) is 41.2 Å². The summed E-state index contributed by atoms with van der Waals surface area (Å²) in [6.45, 7) is -0.222. The maximum absolute atomic E-state index is 11.6. The second-order valence-corrected chi connectivity index (χ2v) is 4.47. The van der Waals surface area contributed by atoms with Gasteiger partial charge >= 0.3 is 12.1 Å². The Bertz CT molecular complexity index is 616. The van der Waals surface area contributed by atoms with Gasteiger partial charge in [-0.15, -0.1) is 0 Å². The Morgan fingerprint density at radius 3 is 2.42 bits per heavy atom. The van der Waals surface area contributed by atoms with E-state index in [4.69, 9.17) is 9.84 Å². The van der Waals surface area contributed by atoms with Gasteiger partial charge in [0, 0.05) is 12.1 Å². The lowest BCUT2D eigenvalue weighted by molar-refractivity contribution is -0.384. The van der Waals surface area contributed by atoms with Crippen LogP contribution in [0.1, 0.15) is 12.0 Å². The van der Waals surface area contributed by atoms with Crippen LogP contribution in [0.3, 0.4) is 0 Å². The average molecular weight is 341 g/mol. The maximum Gasteiger partial charge on any atom is 0.408 e. The van der Waals surface area contributed by atoms with Gasteiger partial charge in [0.05, 0.1) is 18.5 Å². The number of aliphatic carboxylic acids is 1. The Hall–Kier alpha value is -3.21. The van der Waals surface area contributed by atoms with E-state index in [1.807, 2.05) is 10.8 Å². The molecule has 0 saturated carbocycles. The highest BCUT2D eigenvalue weighted by Gasteiger charge is 2.24. The van der Waals surface area contributed by atoms with E-state index in [2.05, 4.69) is 4.84 Å². The number of hydrogen-bond donors (Lipinski definition) is 3. The fraction of sp³-hybridized carbons (Fsp3) is 0.308. The van der Waals surface area contributed by atoms with Crippen molar-refractivity contribution < 1.29 is 34.0 Å². The second kappa shape index (κ2) is 9.05. The highest BCUT2D eigenvalue weighted by Crippen LogP contribution is 2.12. The normalized spacial score (nSPS) is 11.2. The molecule has 1 aromatic carbocycles. The summed E-state index contributed by atoms with van der Waals surface area (Å²) < 4.78 is 4.80. The van der Waals surface area contributed by atoms with Crippen molar-refractivity contribution in [3.05, 3.63) is 39.9 Å². The van der Waals surface area contributed by atoms with Gasteiger partial charge < -0.3 is 15.2 Å². The first kappa shape index (κ1) is 18.8. The van der Waals surface area contributed by atoms with Crippen LogP contribution in [0.2, 0.25) is 0 Å². The zero-order chi connectivity index (χ0) is 18.1. The summed E-state index contributed by atoms with van der Waals surface area (Å²) in [6, 6.07) is 3.78. The lowest BCUT2D eigenvalue weighted by Gasteiger charge is -2.14. The molecule has 0 aliphatic carbocycles. The molecule has 0 radical (unpaired) electrons. The van der Waals surface area contributed by atoms with Gasteiger partial charge in [0.1, 0.15) is 12.6 Å². The molecule has 1 atom stereocenters. The van der Waals surface area contributed by atoms with Gasteiger partial charge in [0.25, 0.3) is 5.69 Å². The SMILES string of the molecule is CONC(=O)C[C@@H](NC(=O)OCc1ccc([N+](=O)[O-])cc1)C(=O)O. The number of carboxylic acid groups (broad SMARTS) is 1. The number of rotatable bonds is 8. The highest BCUT2D eigenvalue weighted by molar-refractivity contribution is 5.86. The van der Waals surface area contributed by atoms with E-state index in [1.54, 1.807) is 0 Å². The number of nitro groups is 1. The summed E-state index contributed by atoms with van der Waals surface area (Å²) in [5.74, 6) is -2.16. The number of nitrogens with one attached hydrogen (secondary N) is 2. The van der Waals surface area contributed by atoms with E-state index in [0.717, 1.165) is 0 Å². The minimum absolute atomic E-state index is 0.113. The first-order valence-electron chi connectivity index (χ1n) is 6.54. The fourth-order valence-corrected chi connectivity index (χ4v) is 1.59. The summed E-state index contributed by atoms with van der Waals surface area (Å²) in [5.41, 5.74) is 2.29. The van der Waals surface area contributed by atoms with Crippen molar-refractivity contribution >= 4 is 23.7 Å². The van der Waals surface area contributed by atoms with Crippen molar-refractivity contribution in [2.75, 3.05) is 7.11 Å². The number of ether oxygens (including phenoxy) is 1. The molecular formula is C13H15N3O8. The van der Waals surface area contributed by atoms with Gasteiger partial charge in [-0.3, -0.25) is 19.7 Å². The van der Waals surface area contributed by atoms with Crippen LogP contribution in [0.5, 0.6) is 0 Å². The molecule has 24 heavy (non-hydrogen) atoms. The Kier molecular flexibility index (Phi) is 7.10. The van der Waals surface area contributed by atoms with Crippen LogP contribution in [0.15, 0.2) is 24.3 Å². The highest BCUT2D eigenvalue weighted by atomic mass is 16.6. The molecule has 11 nitrogen and oxygen atoms in total. The number of carboxylic acids is 1. The van der Waals surface area contributed by atoms with E-state index in [-0.39, 0.29) is 12.3 Å². The lowest BCUT2D eigenvalue weighted by atomic mass is 10.2. The van der Waals surface area contributed by atoms with Crippen molar-refractivity contribution in [3.8, 4) is 0 Å². The topological polar surface area (TPSA) is 157 Å². The first-order chi connectivity index (χ1) is 11.3. The van der Waals surface area contributed by atoms with Crippen LogP contribution < -0.4 is 10.8 Å². The molecule has 0 saturated heterocycles. The molecule has 0 fully saturated rings. The largest absolute Gasteiger partial charge is 0.480 e. The van der Waals surface area contributed by atoms with Gasteiger partial charge in [-0.1, -0.05) is 0 Å². The fourth-order valence-electron chi connectivity index (χ4n) is 1.59. The molecule has 0 unspecified atom stereocenters. The number of benzene rings is 1. The second-order valence-electron chi connectivity index (χ2n) is 4.47. The van der Waals surface area contributed by atoms with Crippen molar-refractivity contribution in [2.24, 2.45) is 0 Å². The molecule has 3 N–H and O–H groups in total. The monoisotopic (exact) mass is 341 g/mol. The van der Waals surface area contributed by atoms with Crippen molar-refractivity contribution in [1.82, 2.24) is 10.8 Å². The third-order valence-electron chi connectivity index (χ3n) is 2.71. The zero-order valence-corrected chi connectivity index (χ0v) is 12.6. The van der Waals surface area contributed by atoms with Crippen LogP contribution in [0, 0.1) is 10.1 Å². The molecule has 0 aliphatic heterocycles. The van der Waals surface area contributed by atoms with E-state index in [1.165, 1.54) is 31.4 Å². The molecule has 2 amide bonds. The number of alkyl carbamates (subject to hydrolysis) is 1. The number of amides is 2. The molecule has 130 valence electrons. The molecule has 0 bridgehead atoms. The number of carbonyl (C=O) groups excluding carboxylic acids is 2. The standard InChI is InChI=1S/C13H15N3O8/c1-23-15-11(17)6-10(12(18)19)14-13(20)24-7-8-2-4-9(5-3-8)16(21)22/h2-5,10H,6-7H2,1H3,(H,14,20)(H,15,17)(H,18,19)/t10-/m1/s1. The van der Waals surface area contributed by atoms with Crippen LogP contribution in [0.25, 0.3) is 0 Å². The van der Waals surface area contributed by atoms with Crippen LogP contribution in [-0.2, 0) is 25.8 Å². The minimum atomic E-state index is -1.50. The van der Waals surface area contributed by atoms with Crippen molar-refractivity contribution in [1.29, 1.82) is 0 Å². The number of non-ortho nitro benzene ring substituents is 1. The van der Waals surface area contributed by atoms with E-state index < -0.39 is 35.4 Å².